The van der Waals surface area contributed by atoms with Gasteiger partial charge in [-0.15, -0.1) is 0 Å². The number of carbonyl (C=O) groups excluding carboxylic acids is 2. The molecule has 0 N–H and O–H groups in total. The summed E-state index contributed by atoms with van der Waals surface area (Å²) in [5.74, 6) is -0.00507. The van der Waals surface area contributed by atoms with E-state index in [2.05, 4.69) is 0 Å². The Hall–Kier alpha value is -1.26. The lowest BCUT2D eigenvalue weighted by Gasteiger charge is -2.37. The topological polar surface area (TPSA) is 112 Å². The fourth-order valence-electron chi connectivity index (χ4n) is 8.65. The Balaban J connectivity index is 0.906. The van der Waals surface area contributed by atoms with Crippen LogP contribution >= 0.6 is 0 Å². The maximum Gasteiger partial charge on any atom is 0.352 e. The third-order valence-corrected chi connectivity index (χ3v) is 11.0. The van der Waals surface area contributed by atoms with E-state index in [1.165, 1.54) is 0 Å². The van der Waals surface area contributed by atoms with Gasteiger partial charge in [0.15, 0.2) is 0 Å². The average Bonchev–Trinajstić information content (AvgIpc) is 3.72. The molecule has 0 bridgehead atoms. The van der Waals surface area contributed by atoms with Crippen molar-refractivity contribution < 1.29 is 43.3 Å². The Morgan fingerprint density at radius 2 is 1.00 bits per heavy atom. The summed E-state index contributed by atoms with van der Waals surface area (Å²) in [6.45, 7) is 0. The van der Waals surface area contributed by atoms with Crippen LogP contribution in [-0.4, -0.2) is 60.8 Å². The van der Waals surface area contributed by atoms with Crippen LogP contribution in [0.4, 0.5) is 0 Å². The SMILES string of the molecule is O=C(OOOC(=O)C1(CC2CCC3OC3C2)CCC2OC2C1)C1(CC2CCC3OC3C2)CCC2OC2C1. The molecule has 9 heteroatoms. The number of epoxide rings is 4. The minimum Gasteiger partial charge on any atom is -0.370 e. The first-order chi connectivity index (χ1) is 18.0. The smallest absolute Gasteiger partial charge is 0.352 e. The molecule has 4 saturated heterocycles. The molecule has 0 amide bonds. The number of fused-ring (bicyclic) bond motifs is 4. The van der Waals surface area contributed by atoms with E-state index in [4.69, 9.17) is 33.8 Å². The van der Waals surface area contributed by atoms with Crippen LogP contribution in [0, 0.1) is 22.7 Å². The van der Waals surface area contributed by atoms with Gasteiger partial charge in [-0.3, -0.25) is 9.78 Å². The van der Waals surface area contributed by atoms with E-state index in [-0.39, 0.29) is 24.4 Å². The molecule has 0 aromatic heterocycles. The molecular formula is C28H38O9. The van der Waals surface area contributed by atoms with Crippen molar-refractivity contribution in [1.29, 1.82) is 0 Å². The first-order valence-corrected chi connectivity index (χ1v) is 14.7. The Morgan fingerprint density at radius 3 is 1.43 bits per heavy atom. The van der Waals surface area contributed by atoms with Crippen LogP contribution in [0.2, 0.25) is 0 Å². The van der Waals surface area contributed by atoms with Crippen molar-refractivity contribution in [3.8, 4) is 0 Å². The second kappa shape index (κ2) is 8.62. The molecule has 12 unspecified atom stereocenters. The molecule has 12 atom stereocenters. The van der Waals surface area contributed by atoms with E-state index in [9.17, 15) is 9.59 Å². The van der Waals surface area contributed by atoms with Crippen molar-refractivity contribution in [3.63, 3.8) is 0 Å². The number of hydrogen-bond donors (Lipinski definition) is 0. The highest BCUT2D eigenvalue weighted by atomic mass is 17.5. The molecule has 8 aliphatic rings. The van der Waals surface area contributed by atoms with E-state index < -0.39 is 22.8 Å². The highest BCUT2D eigenvalue weighted by Gasteiger charge is 2.58. The van der Waals surface area contributed by atoms with Crippen LogP contribution in [0.15, 0.2) is 0 Å². The summed E-state index contributed by atoms with van der Waals surface area (Å²) >= 11 is 0. The minimum absolute atomic E-state index is 0.125. The van der Waals surface area contributed by atoms with E-state index in [1.807, 2.05) is 0 Å². The van der Waals surface area contributed by atoms with Gasteiger partial charge in [-0.2, -0.15) is 0 Å². The van der Waals surface area contributed by atoms with Crippen molar-refractivity contribution >= 4 is 11.9 Å². The quantitative estimate of drug-likeness (QED) is 0.270. The van der Waals surface area contributed by atoms with Crippen molar-refractivity contribution in [2.24, 2.45) is 22.7 Å². The van der Waals surface area contributed by atoms with E-state index in [0.29, 0.717) is 61.9 Å². The zero-order chi connectivity index (χ0) is 24.8. The highest BCUT2D eigenvalue weighted by Crippen LogP contribution is 2.54. The Bertz CT molecular complexity index is 882. The third kappa shape index (κ3) is 4.52. The zero-order valence-electron chi connectivity index (χ0n) is 21.3. The van der Waals surface area contributed by atoms with Crippen molar-refractivity contribution in [1.82, 2.24) is 0 Å². The van der Waals surface area contributed by atoms with Crippen LogP contribution in [0.3, 0.4) is 0 Å². The molecule has 204 valence electrons. The molecule has 4 saturated carbocycles. The molecule has 0 spiro atoms. The molecule has 4 heterocycles. The molecular weight excluding hydrogens is 480 g/mol. The Kier molecular flexibility index (Phi) is 5.50. The third-order valence-electron chi connectivity index (χ3n) is 11.0. The number of carbonyl (C=O) groups is 2. The summed E-state index contributed by atoms with van der Waals surface area (Å²) in [6.07, 6.45) is 14.6. The molecule has 4 aliphatic heterocycles. The van der Waals surface area contributed by atoms with Crippen molar-refractivity contribution in [2.75, 3.05) is 0 Å². The van der Waals surface area contributed by atoms with Crippen LogP contribution < -0.4 is 0 Å². The summed E-state index contributed by atoms with van der Waals surface area (Å²) in [6, 6.07) is 0. The summed E-state index contributed by atoms with van der Waals surface area (Å²) in [7, 11) is 0. The largest absolute Gasteiger partial charge is 0.370 e. The van der Waals surface area contributed by atoms with Gasteiger partial charge in [0, 0.05) is 5.04 Å². The number of rotatable bonds is 8. The first-order valence-electron chi connectivity index (χ1n) is 14.7. The van der Waals surface area contributed by atoms with Gasteiger partial charge < -0.3 is 18.9 Å². The van der Waals surface area contributed by atoms with Crippen LogP contribution in [0.1, 0.15) is 89.9 Å². The Labute approximate surface area is 217 Å². The molecule has 0 aromatic rings. The second-order valence-corrected chi connectivity index (χ2v) is 13.5. The van der Waals surface area contributed by atoms with E-state index in [1.54, 1.807) is 0 Å². The molecule has 8 fully saturated rings. The van der Waals surface area contributed by atoms with Gasteiger partial charge in [-0.25, -0.2) is 9.59 Å². The normalized spacial score (nSPS) is 52.4. The fraction of sp³-hybridized carbons (Fsp3) is 0.929. The summed E-state index contributed by atoms with van der Waals surface area (Å²) in [5.41, 5.74) is -1.31. The number of ether oxygens (including phenoxy) is 4. The maximum atomic E-state index is 13.4. The monoisotopic (exact) mass is 518 g/mol. The molecule has 37 heavy (non-hydrogen) atoms. The van der Waals surface area contributed by atoms with Gasteiger partial charge in [-0.1, -0.05) is 0 Å². The second-order valence-electron chi connectivity index (χ2n) is 13.5. The van der Waals surface area contributed by atoms with Crippen LogP contribution in [0.25, 0.3) is 0 Å². The predicted octanol–water partition coefficient (Wildman–Crippen LogP) is 3.71. The lowest BCUT2D eigenvalue weighted by molar-refractivity contribution is -0.465. The molecule has 0 aromatic carbocycles. The standard InChI is InChI=1S/C28H38O9/c29-25(27(7-5-19-23(13-27)33-19)11-15-1-3-17-21(9-15)31-17)35-37-36-26(30)28(8-6-20-24(14-28)34-20)12-16-2-4-18-22(10-16)32-18/h15-24H,1-14H2. The van der Waals surface area contributed by atoms with Gasteiger partial charge >= 0.3 is 11.9 Å². The summed E-state index contributed by atoms with van der Waals surface area (Å²) in [4.78, 5) is 37.4. The van der Waals surface area contributed by atoms with Crippen molar-refractivity contribution in [3.05, 3.63) is 0 Å². The lowest BCUT2D eigenvalue weighted by atomic mass is 9.67. The van der Waals surface area contributed by atoms with Gasteiger partial charge in [-0.05, 0) is 102 Å². The highest BCUT2D eigenvalue weighted by molar-refractivity contribution is 5.78. The average molecular weight is 519 g/mol. The fourth-order valence-corrected chi connectivity index (χ4v) is 8.65. The first kappa shape index (κ1) is 23.6. The van der Waals surface area contributed by atoms with Gasteiger partial charge in [0.2, 0.25) is 0 Å². The minimum atomic E-state index is -0.656. The van der Waals surface area contributed by atoms with Crippen molar-refractivity contribution in [2.45, 2.75) is 139 Å². The molecule has 0 radical (unpaired) electrons. The van der Waals surface area contributed by atoms with E-state index >= 15 is 0 Å². The van der Waals surface area contributed by atoms with E-state index in [0.717, 1.165) is 64.2 Å². The summed E-state index contributed by atoms with van der Waals surface area (Å²) < 4.78 is 22.9. The van der Waals surface area contributed by atoms with Gasteiger partial charge in [0.1, 0.15) is 0 Å². The predicted molar refractivity (Wildman–Crippen MR) is 124 cm³/mol. The zero-order valence-corrected chi connectivity index (χ0v) is 21.3. The van der Waals surface area contributed by atoms with Gasteiger partial charge in [0.25, 0.3) is 0 Å². The molecule has 8 rings (SSSR count). The molecule has 4 aliphatic carbocycles. The van der Waals surface area contributed by atoms with Crippen LogP contribution in [-0.2, 0) is 43.3 Å². The lowest BCUT2D eigenvalue weighted by Crippen LogP contribution is -2.42. The molecule has 9 nitrogen and oxygen atoms in total. The Morgan fingerprint density at radius 1 is 0.568 bits per heavy atom. The van der Waals surface area contributed by atoms with Crippen LogP contribution in [0.5, 0.6) is 0 Å². The summed E-state index contributed by atoms with van der Waals surface area (Å²) in [5, 5.41) is 5.02. The maximum absolute atomic E-state index is 13.4. The van der Waals surface area contributed by atoms with Gasteiger partial charge in [0.05, 0.1) is 59.7 Å². The number of hydrogen-bond acceptors (Lipinski definition) is 9.